The van der Waals surface area contributed by atoms with Gasteiger partial charge in [0.05, 0.1) is 12.4 Å². The van der Waals surface area contributed by atoms with Crippen molar-refractivity contribution in [2.75, 3.05) is 6.26 Å². The van der Waals surface area contributed by atoms with E-state index >= 15 is 0 Å². The zero-order chi connectivity index (χ0) is 13.2. The first-order valence-electron chi connectivity index (χ1n) is 5.17. The van der Waals surface area contributed by atoms with Crippen molar-refractivity contribution >= 4 is 9.84 Å². The second-order valence-electron chi connectivity index (χ2n) is 4.01. The summed E-state index contributed by atoms with van der Waals surface area (Å²) in [5.41, 5.74) is 6.71. The molecule has 18 heavy (non-hydrogen) atoms. The van der Waals surface area contributed by atoms with Gasteiger partial charge in [-0.2, -0.15) is 4.98 Å². The topological polar surface area (TPSA) is 128 Å². The van der Waals surface area contributed by atoms with Crippen LogP contribution < -0.4 is 5.73 Å². The van der Waals surface area contributed by atoms with Gasteiger partial charge in [-0.1, -0.05) is 5.16 Å². The molecule has 0 radical (unpaired) electrons. The highest BCUT2D eigenvalue weighted by molar-refractivity contribution is 7.89. The monoisotopic (exact) mass is 271 g/mol. The second-order valence-corrected chi connectivity index (χ2v) is 6.15. The van der Waals surface area contributed by atoms with Crippen LogP contribution in [0.15, 0.2) is 17.0 Å². The highest BCUT2D eigenvalue weighted by atomic mass is 32.2. The molecule has 0 unspecified atom stereocenters. The van der Waals surface area contributed by atoms with Crippen LogP contribution in [0, 0.1) is 0 Å². The van der Waals surface area contributed by atoms with E-state index in [4.69, 9.17) is 10.3 Å². The molecule has 1 atom stereocenters. The number of aromatic nitrogens is 4. The van der Waals surface area contributed by atoms with Crippen molar-refractivity contribution in [3.63, 3.8) is 0 Å². The van der Waals surface area contributed by atoms with E-state index in [1.54, 1.807) is 12.5 Å². The molecule has 0 aliphatic heterocycles. The molecule has 0 aliphatic rings. The minimum Gasteiger partial charge on any atom is -0.348 e. The molecule has 2 heterocycles. The maximum Gasteiger partial charge on any atom is 0.243 e. The highest BCUT2D eigenvalue weighted by Crippen LogP contribution is 2.13. The van der Waals surface area contributed by atoms with Crippen LogP contribution >= 0.6 is 0 Å². The Kier molecular flexibility index (Phi) is 3.43. The van der Waals surface area contributed by atoms with Crippen molar-refractivity contribution in [1.29, 1.82) is 0 Å². The van der Waals surface area contributed by atoms with Gasteiger partial charge in [0, 0.05) is 24.6 Å². The summed E-state index contributed by atoms with van der Waals surface area (Å²) in [5.74, 6) is 0.0728. The number of hydrogen-bond donors (Lipinski definition) is 2. The van der Waals surface area contributed by atoms with E-state index in [0.29, 0.717) is 6.42 Å². The summed E-state index contributed by atoms with van der Waals surface area (Å²) in [7, 11) is -3.18. The van der Waals surface area contributed by atoms with E-state index < -0.39 is 15.9 Å². The number of rotatable bonds is 5. The minimum atomic E-state index is -3.18. The third-order valence-electron chi connectivity index (χ3n) is 2.19. The molecule has 98 valence electrons. The van der Waals surface area contributed by atoms with Crippen LogP contribution in [0.1, 0.15) is 23.5 Å². The number of nitrogens with zero attached hydrogens (tertiary/aromatic N) is 3. The maximum atomic E-state index is 11.1. The van der Waals surface area contributed by atoms with E-state index in [1.807, 2.05) is 0 Å². The summed E-state index contributed by atoms with van der Waals surface area (Å²) in [4.78, 5) is 10.7. The number of H-pyrrole nitrogens is 1. The number of nitrogens with two attached hydrogens (primary N) is 1. The first-order chi connectivity index (χ1) is 8.44. The van der Waals surface area contributed by atoms with E-state index in [-0.39, 0.29) is 17.5 Å². The summed E-state index contributed by atoms with van der Waals surface area (Å²) in [6.45, 7) is 0. The fourth-order valence-electron chi connectivity index (χ4n) is 1.43. The van der Waals surface area contributed by atoms with Crippen molar-refractivity contribution < 1.29 is 12.9 Å². The van der Waals surface area contributed by atoms with Gasteiger partial charge in [-0.15, -0.1) is 0 Å². The fourth-order valence-corrected chi connectivity index (χ4v) is 2.02. The zero-order valence-electron chi connectivity index (χ0n) is 9.70. The Morgan fingerprint density at radius 3 is 2.94 bits per heavy atom. The number of imidazole rings is 1. The van der Waals surface area contributed by atoms with Crippen molar-refractivity contribution in [3.8, 4) is 0 Å². The average Bonchev–Trinajstić information content (AvgIpc) is 2.86. The van der Waals surface area contributed by atoms with Gasteiger partial charge in [-0.25, -0.2) is 13.4 Å². The molecule has 2 rings (SSSR count). The zero-order valence-corrected chi connectivity index (χ0v) is 10.5. The lowest BCUT2D eigenvalue weighted by Crippen LogP contribution is -2.14. The molecule has 0 saturated heterocycles. The third-order valence-corrected chi connectivity index (χ3v) is 2.97. The third kappa shape index (κ3) is 3.37. The Hall–Kier alpha value is -1.74. The number of nitrogens with one attached hydrogen (secondary N) is 1. The van der Waals surface area contributed by atoms with Gasteiger partial charge in [0.25, 0.3) is 0 Å². The Bertz CT molecular complexity index is 604. The van der Waals surface area contributed by atoms with Crippen LogP contribution in [0.2, 0.25) is 0 Å². The van der Waals surface area contributed by atoms with Crippen molar-refractivity contribution in [1.82, 2.24) is 20.1 Å². The van der Waals surface area contributed by atoms with Crippen LogP contribution in [-0.2, 0) is 22.0 Å². The normalized spacial score (nSPS) is 13.7. The quantitative estimate of drug-likeness (QED) is 0.755. The first-order valence-corrected chi connectivity index (χ1v) is 7.23. The minimum absolute atomic E-state index is 0.118. The average molecular weight is 271 g/mol. The van der Waals surface area contributed by atoms with Crippen molar-refractivity contribution in [2.24, 2.45) is 5.73 Å². The van der Waals surface area contributed by atoms with Gasteiger partial charge in [-0.3, -0.25) is 0 Å². The molecule has 3 N–H and O–H groups in total. The van der Waals surface area contributed by atoms with Gasteiger partial charge >= 0.3 is 0 Å². The summed E-state index contributed by atoms with van der Waals surface area (Å²) in [5, 5.41) is 3.58. The molecular weight excluding hydrogens is 258 g/mol. The van der Waals surface area contributed by atoms with E-state index in [0.717, 1.165) is 11.9 Å². The number of aromatic amines is 1. The lowest BCUT2D eigenvalue weighted by Gasteiger charge is -2.03. The molecule has 9 heteroatoms. The van der Waals surface area contributed by atoms with Crippen molar-refractivity contribution in [2.45, 2.75) is 18.2 Å². The summed E-state index contributed by atoms with van der Waals surface area (Å²) in [6.07, 6.45) is 4.76. The predicted octanol–water partition coefficient (Wildman–Crippen LogP) is -0.420. The molecule has 0 bridgehead atoms. The molecule has 0 saturated carbocycles. The summed E-state index contributed by atoms with van der Waals surface area (Å²) in [6, 6.07) is -0.494. The molecule has 0 fully saturated rings. The van der Waals surface area contributed by atoms with E-state index in [9.17, 15) is 8.42 Å². The molecule has 0 aliphatic carbocycles. The highest BCUT2D eigenvalue weighted by Gasteiger charge is 2.18. The van der Waals surface area contributed by atoms with E-state index in [1.165, 1.54) is 0 Å². The smallest absolute Gasteiger partial charge is 0.243 e. The predicted molar refractivity (Wildman–Crippen MR) is 62.1 cm³/mol. The number of hydrogen-bond acceptors (Lipinski definition) is 7. The van der Waals surface area contributed by atoms with Crippen molar-refractivity contribution in [3.05, 3.63) is 29.9 Å². The molecule has 2 aromatic heterocycles. The molecular formula is C9H13N5O3S. The molecule has 0 aromatic carbocycles. The Labute approximate surface area is 104 Å². The Balaban J connectivity index is 2.05. The summed E-state index contributed by atoms with van der Waals surface area (Å²) < 4.78 is 27.1. The van der Waals surface area contributed by atoms with Gasteiger partial charge in [0.15, 0.2) is 15.7 Å². The SMILES string of the molecule is CS(=O)(=O)Cc1noc([C@@H](N)Cc2cnc[nH]2)n1. The largest absolute Gasteiger partial charge is 0.348 e. The Morgan fingerprint density at radius 2 is 2.33 bits per heavy atom. The standard InChI is InChI=1S/C9H13N5O3S/c1-18(15,16)4-8-13-9(17-14-8)7(10)2-6-3-11-5-12-6/h3,5,7H,2,4,10H2,1H3,(H,11,12)/t7-/m0/s1. The fraction of sp³-hybridized carbons (Fsp3) is 0.444. The molecule has 0 amide bonds. The van der Waals surface area contributed by atoms with Gasteiger partial charge in [0.1, 0.15) is 5.75 Å². The van der Waals surface area contributed by atoms with Crippen LogP contribution in [0.5, 0.6) is 0 Å². The molecule has 8 nitrogen and oxygen atoms in total. The first kappa shape index (κ1) is 12.7. The van der Waals surface area contributed by atoms with Crippen LogP contribution in [0.3, 0.4) is 0 Å². The molecule has 2 aromatic rings. The molecule has 0 spiro atoms. The lowest BCUT2D eigenvalue weighted by molar-refractivity contribution is 0.350. The van der Waals surface area contributed by atoms with Crippen LogP contribution in [0.25, 0.3) is 0 Å². The Morgan fingerprint density at radius 1 is 1.56 bits per heavy atom. The van der Waals surface area contributed by atoms with Gasteiger partial charge < -0.3 is 15.2 Å². The number of sulfone groups is 1. The van der Waals surface area contributed by atoms with Gasteiger partial charge in [-0.05, 0) is 0 Å². The summed E-state index contributed by atoms with van der Waals surface area (Å²) >= 11 is 0. The second kappa shape index (κ2) is 4.86. The maximum absolute atomic E-state index is 11.1. The van der Waals surface area contributed by atoms with Crippen LogP contribution in [0.4, 0.5) is 0 Å². The van der Waals surface area contributed by atoms with Crippen LogP contribution in [-0.4, -0.2) is 34.8 Å². The van der Waals surface area contributed by atoms with Gasteiger partial charge in [0.2, 0.25) is 5.89 Å². The lowest BCUT2D eigenvalue weighted by atomic mass is 10.2. The van der Waals surface area contributed by atoms with E-state index in [2.05, 4.69) is 20.1 Å².